The number of hydrogen-bond acceptors (Lipinski definition) is 7. The molecule has 9 nitrogen and oxygen atoms in total. The summed E-state index contributed by atoms with van der Waals surface area (Å²) in [4.78, 5) is 28.9. The zero-order chi connectivity index (χ0) is 22.6. The normalized spacial score (nSPS) is 19.5. The highest BCUT2D eigenvalue weighted by Crippen LogP contribution is 2.26. The van der Waals surface area contributed by atoms with Crippen LogP contribution in [-0.2, 0) is 14.3 Å². The minimum Gasteiger partial charge on any atom is -0.487 e. The third kappa shape index (κ3) is 5.24. The molecule has 5 rings (SSSR count). The number of aromatic nitrogens is 2. The second kappa shape index (κ2) is 9.74. The molecule has 0 spiro atoms. The maximum Gasteiger partial charge on any atom is 0.231 e. The molecule has 0 bridgehead atoms. The van der Waals surface area contributed by atoms with Crippen molar-refractivity contribution in [3.05, 3.63) is 42.7 Å². The number of amides is 2. The molecule has 0 unspecified atom stereocenters. The third-order valence-corrected chi connectivity index (χ3v) is 6.62. The quantitative estimate of drug-likeness (QED) is 0.687. The smallest absolute Gasteiger partial charge is 0.231 e. The maximum atomic E-state index is 12.5. The van der Waals surface area contributed by atoms with Crippen LogP contribution in [0.1, 0.15) is 19.3 Å². The van der Waals surface area contributed by atoms with Crippen molar-refractivity contribution in [2.45, 2.75) is 25.4 Å². The van der Waals surface area contributed by atoms with E-state index in [2.05, 4.69) is 20.4 Å². The number of ether oxygens (including phenoxy) is 2. The zero-order valence-corrected chi connectivity index (χ0v) is 18.6. The first kappa shape index (κ1) is 21.6. The van der Waals surface area contributed by atoms with Crippen LogP contribution in [0.5, 0.6) is 5.75 Å². The van der Waals surface area contributed by atoms with E-state index >= 15 is 0 Å². The molecule has 0 aliphatic carbocycles. The van der Waals surface area contributed by atoms with E-state index in [1.54, 1.807) is 12.4 Å². The van der Waals surface area contributed by atoms with Crippen molar-refractivity contribution >= 4 is 23.2 Å². The van der Waals surface area contributed by atoms with Crippen molar-refractivity contribution in [1.29, 1.82) is 0 Å². The number of nitrogens with one attached hydrogen (secondary N) is 1. The van der Waals surface area contributed by atoms with Gasteiger partial charge in [0.1, 0.15) is 11.9 Å². The second-order valence-electron chi connectivity index (χ2n) is 9.01. The molecule has 1 aromatic carbocycles. The summed E-state index contributed by atoms with van der Waals surface area (Å²) in [6, 6.07) is 9.31. The summed E-state index contributed by atoms with van der Waals surface area (Å²) in [5, 5.41) is 10.6. The van der Waals surface area contributed by atoms with Crippen LogP contribution in [0.25, 0.3) is 0 Å². The average Bonchev–Trinajstić information content (AvgIpc) is 2.77. The summed E-state index contributed by atoms with van der Waals surface area (Å²) < 4.78 is 11.3. The molecule has 3 fully saturated rings. The van der Waals surface area contributed by atoms with E-state index in [4.69, 9.17) is 9.47 Å². The van der Waals surface area contributed by atoms with Gasteiger partial charge < -0.3 is 24.6 Å². The monoisotopic (exact) mass is 451 g/mol. The van der Waals surface area contributed by atoms with Gasteiger partial charge in [-0.25, -0.2) is 0 Å². The van der Waals surface area contributed by atoms with Gasteiger partial charge in [-0.3, -0.25) is 9.59 Å². The lowest BCUT2D eigenvalue weighted by Crippen LogP contribution is -2.56. The molecule has 3 aliphatic rings. The summed E-state index contributed by atoms with van der Waals surface area (Å²) in [5.41, 5.74) is 1.73. The molecular formula is C24H29N5O4. The number of carbonyl (C=O) groups is 2. The Balaban J connectivity index is 1.02. The Morgan fingerprint density at radius 1 is 1.03 bits per heavy atom. The Labute approximate surface area is 193 Å². The average molecular weight is 452 g/mol. The van der Waals surface area contributed by atoms with Crippen molar-refractivity contribution in [3.63, 3.8) is 0 Å². The Bertz CT molecular complexity index is 953. The predicted octanol–water partition coefficient (Wildman–Crippen LogP) is 1.96. The molecule has 0 radical (unpaired) electrons. The van der Waals surface area contributed by atoms with E-state index in [9.17, 15) is 9.59 Å². The van der Waals surface area contributed by atoms with Crippen LogP contribution in [0.3, 0.4) is 0 Å². The van der Waals surface area contributed by atoms with Gasteiger partial charge in [0.05, 0.1) is 37.1 Å². The van der Waals surface area contributed by atoms with Gasteiger partial charge in [-0.1, -0.05) is 0 Å². The van der Waals surface area contributed by atoms with Crippen LogP contribution in [0.15, 0.2) is 42.7 Å². The molecule has 2 aromatic rings. The largest absolute Gasteiger partial charge is 0.487 e. The molecule has 4 heterocycles. The van der Waals surface area contributed by atoms with Crippen molar-refractivity contribution in [2.75, 3.05) is 49.6 Å². The van der Waals surface area contributed by atoms with E-state index in [1.165, 1.54) is 0 Å². The van der Waals surface area contributed by atoms with Crippen molar-refractivity contribution in [1.82, 2.24) is 15.1 Å². The Kier molecular flexibility index (Phi) is 6.39. The molecule has 3 saturated heterocycles. The summed E-state index contributed by atoms with van der Waals surface area (Å²) in [7, 11) is 0. The molecule has 9 heteroatoms. The van der Waals surface area contributed by atoms with E-state index in [0.29, 0.717) is 38.5 Å². The summed E-state index contributed by atoms with van der Waals surface area (Å²) in [5.74, 6) is 1.38. The highest BCUT2D eigenvalue weighted by atomic mass is 16.5. The molecule has 1 N–H and O–H groups in total. The minimum atomic E-state index is -0.0475. The first-order valence-corrected chi connectivity index (χ1v) is 11.6. The van der Waals surface area contributed by atoms with Gasteiger partial charge in [-0.15, -0.1) is 0 Å². The molecule has 2 amide bonds. The van der Waals surface area contributed by atoms with Gasteiger partial charge in [0.2, 0.25) is 11.8 Å². The predicted molar refractivity (Wildman–Crippen MR) is 122 cm³/mol. The van der Waals surface area contributed by atoms with Gasteiger partial charge in [0.25, 0.3) is 0 Å². The van der Waals surface area contributed by atoms with Gasteiger partial charge in [0.15, 0.2) is 0 Å². The van der Waals surface area contributed by atoms with Gasteiger partial charge in [0, 0.05) is 38.4 Å². The maximum absolute atomic E-state index is 12.5. The number of likely N-dealkylation sites (tertiary alicyclic amines) is 1. The van der Waals surface area contributed by atoms with Crippen molar-refractivity contribution < 1.29 is 19.1 Å². The van der Waals surface area contributed by atoms with Crippen LogP contribution < -0.4 is 15.0 Å². The van der Waals surface area contributed by atoms with Gasteiger partial charge in [-0.05, 0) is 49.1 Å². The number of rotatable bonds is 7. The van der Waals surface area contributed by atoms with E-state index in [-0.39, 0.29) is 23.8 Å². The van der Waals surface area contributed by atoms with Gasteiger partial charge >= 0.3 is 0 Å². The number of hydrogen-bond donors (Lipinski definition) is 1. The molecule has 174 valence electrons. The fourth-order valence-corrected chi connectivity index (χ4v) is 4.42. The summed E-state index contributed by atoms with van der Waals surface area (Å²) >= 11 is 0. The van der Waals surface area contributed by atoms with E-state index in [1.807, 2.05) is 35.2 Å². The minimum absolute atomic E-state index is 0.0135. The Morgan fingerprint density at radius 3 is 2.48 bits per heavy atom. The highest BCUT2D eigenvalue weighted by Gasteiger charge is 2.34. The second-order valence-corrected chi connectivity index (χ2v) is 9.01. The lowest BCUT2D eigenvalue weighted by molar-refractivity contribution is -0.141. The Hall–Kier alpha value is -3.20. The SMILES string of the molecule is O=C(Nc1ccc(OC2CN(C(=O)CC3CCOCC3)C2)cc1)C1CN(c2ccnnc2)C1. The molecule has 1 aromatic heterocycles. The van der Waals surface area contributed by atoms with Crippen LogP contribution >= 0.6 is 0 Å². The Morgan fingerprint density at radius 2 is 1.79 bits per heavy atom. The zero-order valence-electron chi connectivity index (χ0n) is 18.6. The molecule has 33 heavy (non-hydrogen) atoms. The third-order valence-electron chi connectivity index (χ3n) is 6.62. The van der Waals surface area contributed by atoms with E-state index < -0.39 is 0 Å². The summed E-state index contributed by atoms with van der Waals surface area (Å²) in [6.07, 6.45) is 5.94. The molecular weight excluding hydrogens is 422 g/mol. The molecule has 0 atom stereocenters. The number of nitrogens with zero attached hydrogens (tertiary/aromatic N) is 4. The fraction of sp³-hybridized carbons (Fsp3) is 0.500. The van der Waals surface area contributed by atoms with Crippen LogP contribution in [0.4, 0.5) is 11.4 Å². The van der Waals surface area contributed by atoms with Crippen molar-refractivity contribution in [3.8, 4) is 5.75 Å². The fourth-order valence-electron chi connectivity index (χ4n) is 4.42. The van der Waals surface area contributed by atoms with Gasteiger partial charge in [-0.2, -0.15) is 10.2 Å². The molecule has 0 saturated carbocycles. The van der Waals surface area contributed by atoms with Crippen LogP contribution in [-0.4, -0.2) is 72.4 Å². The van der Waals surface area contributed by atoms with Crippen LogP contribution in [0, 0.1) is 11.8 Å². The first-order chi connectivity index (χ1) is 16.1. The van der Waals surface area contributed by atoms with Crippen molar-refractivity contribution in [2.24, 2.45) is 11.8 Å². The standard InChI is InChI=1S/C24H29N5O4/c30-23(11-17-6-9-32-10-7-17)29-15-22(16-29)33-21-3-1-19(2-4-21)27-24(31)18-13-28(14-18)20-5-8-25-26-12-20/h1-5,8,12,17-18,22H,6-7,9-11,13-16H2,(H,27,31). The summed E-state index contributed by atoms with van der Waals surface area (Å²) in [6.45, 7) is 4.14. The number of carbonyl (C=O) groups excluding carboxylic acids is 2. The lowest BCUT2D eigenvalue weighted by Gasteiger charge is -2.40. The van der Waals surface area contributed by atoms with Crippen LogP contribution in [0.2, 0.25) is 0 Å². The number of benzene rings is 1. The highest BCUT2D eigenvalue weighted by molar-refractivity contribution is 5.94. The number of anilines is 2. The lowest BCUT2D eigenvalue weighted by atomic mass is 9.95. The molecule has 3 aliphatic heterocycles. The first-order valence-electron chi connectivity index (χ1n) is 11.6. The topological polar surface area (TPSA) is 96.9 Å². The van der Waals surface area contributed by atoms with E-state index in [0.717, 1.165) is 43.2 Å².